The zero-order chi connectivity index (χ0) is 25.4. The van der Waals surface area contributed by atoms with Crippen molar-refractivity contribution in [2.24, 2.45) is 17.3 Å². The maximum absolute atomic E-state index is 14.6. The zero-order valence-corrected chi connectivity index (χ0v) is 20.3. The molecule has 2 unspecified atom stereocenters. The summed E-state index contributed by atoms with van der Waals surface area (Å²) in [5.41, 5.74) is 0.439. The van der Waals surface area contributed by atoms with E-state index in [0.717, 1.165) is 19.4 Å². The Hall–Kier alpha value is -3.29. The molecule has 2 atom stereocenters. The molecule has 7 heteroatoms. The summed E-state index contributed by atoms with van der Waals surface area (Å²) in [4.78, 5) is 28.1. The lowest BCUT2D eigenvalue weighted by Gasteiger charge is -2.47. The van der Waals surface area contributed by atoms with E-state index >= 15 is 0 Å². The normalized spacial score (nSPS) is 24.7. The number of Topliss-reactive ketones (excluding diaryl/α,β-unsaturated/α-hetero) is 2. The number of nitrogens with one attached hydrogen (secondary N) is 2. The van der Waals surface area contributed by atoms with E-state index in [1.54, 1.807) is 37.3 Å². The molecule has 5 rings (SSSR count). The van der Waals surface area contributed by atoms with Gasteiger partial charge in [0.25, 0.3) is 0 Å². The second-order valence-corrected chi connectivity index (χ2v) is 10.2. The molecular formula is C29H31FN2O4. The number of phenols is 1. The summed E-state index contributed by atoms with van der Waals surface area (Å²) in [5, 5.41) is 28.1. The lowest BCUT2D eigenvalue weighted by molar-refractivity contribution is -0.134. The van der Waals surface area contributed by atoms with E-state index < -0.39 is 17.0 Å². The van der Waals surface area contributed by atoms with Crippen LogP contribution in [0.15, 0.2) is 59.9 Å². The van der Waals surface area contributed by atoms with E-state index in [2.05, 4.69) is 10.6 Å². The highest BCUT2D eigenvalue weighted by Gasteiger charge is 2.52. The van der Waals surface area contributed by atoms with Crippen LogP contribution in [0, 0.1) is 30.0 Å². The van der Waals surface area contributed by atoms with E-state index in [9.17, 15) is 24.2 Å². The second kappa shape index (κ2) is 9.64. The highest BCUT2D eigenvalue weighted by Crippen LogP contribution is 2.50. The molecule has 0 amide bonds. The van der Waals surface area contributed by atoms with Gasteiger partial charge in [-0.25, -0.2) is 4.39 Å². The molecule has 2 aliphatic heterocycles. The molecule has 36 heavy (non-hydrogen) atoms. The molecule has 0 aromatic heterocycles. The number of phenolic OH excluding ortho intramolecular Hbond substituents is 1. The average Bonchev–Trinajstić information content (AvgIpc) is 2.84. The van der Waals surface area contributed by atoms with Crippen LogP contribution in [0.5, 0.6) is 5.75 Å². The first kappa shape index (κ1) is 24.4. The van der Waals surface area contributed by atoms with E-state index in [4.69, 9.17) is 0 Å². The van der Waals surface area contributed by atoms with Crippen LogP contribution in [0.25, 0.3) is 5.57 Å². The van der Waals surface area contributed by atoms with Crippen molar-refractivity contribution >= 4 is 17.1 Å². The Labute approximate surface area is 209 Å². The van der Waals surface area contributed by atoms with Gasteiger partial charge < -0.3 is 20.8 Å². The van der Waals surface area contributed by atoms with Gasteiger partial charge in [0.05, 0.1) is 5.41 Å². The van der Waals surface area contributed by atoms with Gasteiger partial charge in [-0.15, -0.1) is 0 Å². The molecule has 3 aliphatic rings. The van der Waals surface area contributed by atoms with Gasteiger partial charge in [-0.3, -0.25) is 9.59 Å². The molecule has 0 spiro atoms. The lowest BCUT2D eigenvalue weighted by Crippen LogP contribution is -2.57. The monoisotopic (exact) mass is 490 g/mol. The van der Waals surface area contributed by atoms with Crippen LogP contribution in [0.2, 0.25) is 0 Å². The number of benzene rings is 2. The molecule has 2 fully saturated rings. The highest BCUT2D eigenvalue weighted by molar-refractivity contribution is 6.16. The second-order valence-electron chi connectivity index (χ2n) is 10.2. The molecular weight excluding hydrogens is 459 g/mol. The van der Waals surface area contributed by atoms with Crippen molar-refractivity contribution in [3.63, 3.8) is 0 Å². The van der Waals surface area contributed by atoms with Crippen molar-refractivity contribution in [3.05, 3.63) is 82.4 Å². The Morgan fingerprint density at radius 1 is 1.06 bits per heavy atom. The van der Waals surface area contributed by atoms with Crippen molar-refractivity contribution in [2.75, 3.05) is 26.2 Å². The lowest BCUT2D eigenvalue weighted by atomic mass is 9.59. The molecule has 2 aromatic rings. The Kier molecular flexibility index (Phi) is 6.53. The molecule has 0 bridgehead atoms. The fourth-order valence-electron chi connectivity index (χ4n) is 5.83. The third-order valence-electron chi connectivity index (χ3n) is 7.98. The van der Waals surface area contributed by atoms with Crippen molar-refractivity contribution in [3.8, 4) is 5.75 Å². The summed E-state index contributed by atoms with van der Waals surface area (Å²) in [6.45, 7) is 4.27. The standard InChI is InChI=1S/C29H31FN2O4/c1-17-22(8-3-9-24(17)30)26-23(27(35)18-5-2-7-21(33)11-18)12-29(13-25(26)34,20-15-32-16-20)28(36)19-6-4-10-31-14-19/h2-3,5,7-9,11,13,19-20,31-34H,4,6,10,12,14-16H2,1H3. The number of carbonyl (C=O) groups is 2. The minimum Gasteiger partial charge on any atom is -0.508 e. The van der Waals surface area contributed by atoms with Gasteiger partial charge in [0.1, 0.15) is 23.1 Å². The third kappa shape index (κ3) is 4.16. The molecule has 188 valence electrons. The number of allylic oxidation sites excluding steroid dienone is 3. The number of aliphatic hydroxyl groups excluding tert-OH is 1. The Morgan fingerprint density at radius 2 is 1.83 bits per heavy atom. The van der Waals surface area contributed by atoms with Gasteiger partial charge in [-0.05, 0) is 68.1 Å². The first-order valence-electron chi connectivity index (χ1n) is 12.5. The molecule has 2 heterocycles. The van der Waals surface area contributed by atoms with Crippen molar-refractivity contribution < 1.29 is 24.2 Å². The smallest absolute Gasteiger partial charge is 0.189 e. The summed E-state index contributed by atoms with van der Waals surface area (Å²) in [5.74, 6) is -1.32. The average molecular weight is 491 g/mol. The molecule has 4 N–H and O–H groups in total. The fraction of sp³-hybridized carbons (Fsp3) is 0.379. The van der Waals surface area contributed by atoms with Gasteiger partial charge in [0, 0.05) is 48.2 Å². The van der Waals surface area contributed by atoms with Gasteiger partial charge in [-0.2, -0.15) is 0 Å². The van der Waals surface area contributed by atoms with Crippen molar-refractivity contribution in [1.29, 1.82) is 0 Å². The SMILES string of the molecule is Cc1c(F)cccc1C1=C(C(=O)c2cccc(O)c2)CC(C(=O)C2CCCNC2)(C2CNC2)C=C1O. The summed E-state index contributed by atoms with van der Waals surface area (Å²) in [6.07, 6.45) is 3.40. The summed E-state index contributed by atoms with van der Waals surface area (Å²) < 4.78 is 14.6. The minimum atomic E-state index is -1.05. The molecule has 0 radical (unpaired) electrons. The number of hydrogen-bond donors (Lipinski definition) is 4. The first-order chi connectivity index (χ1) is 17.3. The third-order valence-corrected chi connectivity index (χ3v) is 7.98. The predicted octanol–water partition coefficient (Wildman–Crippen LogP) is 4.10. The largest absolute Gasteiger partial charge is 0.508 e. The fourth-order valence-corrected chi connectivity index (χ4v) is 5.83. The zero-order valence-electron chi connectivity index (χ0n) is 20.3. The van der Waals surface area contributed by atoms with Gasteiger partial charge in [-0.1, -0.05) is 24.3 Å². The summed E-state index contributed by atoms with van der Waals surface area (Å²) >= 11 is 0. The van der Waals surface area contributed by atoms with E-state index in [1.165, 1.54) is 18.2 Å². The van der Waals surface area contributed by atoms with Crippen LogP contribution >= 0.6 is 0 Å². The van der Waals surface area contributed by atoms with Crippen LogP contribution in [-0.2, 0) is 4.79 Å². The van der Waals surface area contributed by atoms with Gasteiger partial charge in [0.2, 0.25) is 0 Å². The Morgan fingerprint density at radius 3 is 2.50 bits per heavy atom. The summed E-state index contributed by atoms with van der Waals surface area (Å²) in [7, 11) is 0. The molecule has 2 aromatic carbocycles. The number of ketones is 2. The van der Waals surface area contributed by atoms with Crippen molar-refractivity contribution in [2.45, 2.75) is 26.2 Å². The number of aliphatic hydroxyl groups is 1. The van der Waals surface area contributed by atoms with E-state index in [1.807, 2.05) is 0 Å². The van der Waals surface area contributed by atoms with Crippen LogP contribution in [0.3, 0.4) is 0 Å². The maximum Gasteiger partial charge on any atom is 0.189 e. The number of halogens is 1. The quantitative estimate of drug-likeness (QED) is 0.455. The molecule has 1 aliphatic carbocycles. The van der Waals surface area contributed by atoms with Crippen LogP contribution in [-0.4, -0.2) is 48.0 Å². The minimum absolute atomic E-state index is 0.0315. The predicted molar refractivity (Wildman–Crippen MR) is 135 cm³/mol. The number of piperidine rings is 1. The van der Waals surface area contributed by atoms with Crippen LogP contribution in [0.4, 0.5) is 4.39 Å². The molecule has 6 nitrogen and oxygen atoms in total. The van der Waals surface area contributed by atoms with Gasteiger partial charge in [0.15, 0.2) is 5.78 Å². The number of rotatable bonds is 6. The highest BCUT2D eigenvalue weighted by atomic mass is 19.1. The van der Waals surface area contributed by atoms with Crippen molar-refractivity contribution in [1.82, 2.24) is 10.6 Å². The number of hydrogen-bond acceptors (Lipinski definition) is 6. The number of carbonyl (C=O) groups excluding carboxylic acids is 2. The van der Waals surface area contributed by atoms with E-state index in [-0.39, 0.29) is 52.3 Å². The van der Waals surface area contributed by atoms with Gasteiger partial charge >= 0.3 is 0 Å². The van der Waals surface area contributed by atoms with Crippen LogP contribution < -0.4 is 10.6 Å². The summed E-state index contributed by atoms with van der Waals surface area (Å²) in [6, 6.07) is 10.6. The first-order valence-corrected chi connectivity index (χ1v) is 12.5. The molecule has 0 saturated carbocycles. The topological polar surface area (TPSA) is 98.7 Å². The Balaban J connectivity index is 1.69. The maximum atomic E-state index is 14.6. The van der Waals surface area contributed by atoms with E-state index in [0.29, 0.717) is 30.8 Å². The van der Waals surface area contributed by atoms with Crippen LogP contribution in [0.1, 0.15) is 40.7 Å². The molecule has 2 saturated heterocycles. The Bertz CT molecular complexity index is 1270. The number of aromatic hydroxyl groups is 1.